The van der Waals surface area contributed by atoms with Crippen LogP contribution < -0.4 is 4.74 Å². The van der Waals surface area contributed by atoms with Gasteiger partial charge in [0.25, 0.3) is 5.91 Å². The fourth-order valence-corrected chi connectivity index (χ4v) is 2.19. The molecule has 0 saturated carbocycles. The van der Waals surface area contributed by atoms with Crippen molar-refractivity contribution in [2.75, 3.05) is 13.1 Å². The molecule has 1 amide bonds. The van der Waals surface area contributed by atoms with Crippen LogP contribution in [0.15, 0.2) is 48.8 Å². The Hall–Kier alpha value is -2.89. The molecule has 0 aliphatic heterocycles. The van der Waals surface area contributed by atoms with Crippen molar-refractivity contribution in [1.82, 2.24) is 9.88 Å². The van der Waals surface area contributed by atoms with Gasteiger partial charge >= 0.3 is 5.97 Å². The molecule has 0 fully saturated rings. The van der Waals surface area contributed by atoms with Gasteiger partial charge in [0.15, 0.2) is 0 Å². The minimum Gasteiger partial charge on any atom is -0.489 e. The Labute approximate surface area is 140 Å². The number of hydrogen-bond donors (Lipinski definition) is 1. The summed E-state index contributed by atoms with van der Waals surface area (Å²) in [7, 11) is 0. The zero-order chi connectivity index (χ0) is 17.4. The number of aliphatic carboxylic acids is 1. The van der Waals surface area contributed by atoms with Gasteiger partial charge in [0.2, 0.25) is 0 Å². The molecule has 6 nitrogen and oxygen atoms in total. The maximum atomic E-state index is 12.5. The molecular weight excluding hydrogens is 308 g/mol. The SMILES string of the molecule is CCN(CCC(=O)O)C(=O)c1cccc(OCc2cccnc2)c1. The smallest absolute Gasteiger partial charge is 0.305 e. The highest BCUT2D eigenvalue weighted by Gasteiger charge is 2.15. The number of benzene rings is 1. The summed E-state index contributed by atoms with van der Waals surface area (Å²) in [5, 5.41) is 8.77. The third-order valence-electron chi connectivity index (χ3n) is 3.47. The molecule has 24 heavy (non-hydrogen) atoms. The summed E-state index contributed by atoms with van der Waals surface area (Å²) in [5.41, 5.74) is 1.41. The number of aromatic nitrogens is 1. The maximum Gasteiger partial charge on any atom is 0.305 e. The van der Waals surface area contributed by atoms with Crippen molar-refractivity contribution in [1.29, 1.82) is 0 Å². The third-order valence-corrected chi connectivity index (χ3v) is 3.47. The lowest BCUT2D eigenvalue weighted by Gasteiger charge is -2.20. The molecule has 0 atom stereocenters. The number of pyridine rings is 1. The van der Waals surface area contributed by atoms with Gasteiger partial charge in [-0.3, -0.25) is 14.6 Å². The van der Waals surface area contributed by atoms with Crippen molar-refractivity contribution < 1.29 is 19.4 Å². The summed E-state index contributed by atoms with van der Waals surface area (Å²) in [6, 6.07) is 10.6. The van der Waals surface area contributed by atoms with Crippen molar-refractivity contribution in [2.45, 2.75) is 20.0 Å². The number of hydrogen-bond acceptors (Lipinski definition) is 4. The van der Waals surface area contributed by atoms with Crippen LogP contribution in [-0.4, -0.2) is 40.0 Å². The van der Waals surface area contributed by atoms with Gasteiger partial charge in [0, 0.05) is 36.6 Å². The maximum absolute atomic E-state index is 12.5. The molecule has 0 unspecified atom stereocenters. The summed E-state index contributed by atoms with van der Waals surface area (Å²) >= 11 is 0. The standard InChI is InChI=1S/C18H20N2O4/c1-2-20(10-8-17(21)22)18(23)15-6-3-7-16(11-15)24-13-14-5-4-9-19-12-14/h3-7,9,11-12H,2,8,10,13H2,1H3,(H,21,22). The van der Waals surface area contributed by atoms with Crippen molar-refractivity contribution in [2.24, 2.45) is 0 Å². The second kappa shape index (κ2) is 8.67. The van der Waals surface area contributed by atoms with E-state index < -0.39 is 5.97 Å². The van der Waals surface area contributed by atoms with Gasteiger partial charge in [0.05, 0.1) is 6.42 Å². The van der Waals surface area contributed by atoms with Gasteiger partial charge in [-0.2, -0.15) is 0 Å². The highest BCUT2D eigenvalue weighted by Crippen LogP contribution is 2.16. The van der Waals surface area contributed by atoms with Gasteiger partial charge in [0.1, 0.15) is 12.4 Å². The van der Waals surface area contributed by atoms with E-state index in [0.29, 0.717) is 24.5 Å². The first-order valence-corrected chi connectivity index (χ1v) is 7.73. The molecule has 0 radical (unpaired) electrons. The molecule has 1 N–H and O–H groups in total. The predicted molar refractivity (Wildman–Crippen MR) is 88.8 cm³/mol. The van der Waals surface area contributed by atoms with E-state index in [1.54, 1.807) is 36.7 Å². The van der Waals surface area contributed by atoms with Crippen LogP contribution in [0.3, 0.4) is 0 Å². The van der Waals surface area contributed by atoms with E-state index in [0.717, 1.165) is 5.56 Å². The van der Waals surface area contributed by atoms with Crippen LogP contribution in [0.4, 0.5) is 0 Å². The second-order valence-corrected chi connectivity index (χ2v) is 5.21. The van der Waals surface area contributed by atoms with E-state index in [1.165, 1.54) is 4.90 Å². The first-order valence-electron chi connectivity index (χ1n) is 7.73. The highest BCUT2D eigenvalue weighted by molar-refractivity contribution is 5.94. The van der Waals surface area contributed by atoms with Crippen LogP contribution in [-0.2, 0) is 11.4 Å². The van der Waals surface area contributed by atoms with Gasteiger partial charge in [-0.25, -0.2) is 0 Å². The van der Waals surface area contributed by atoms with E-state index in [4.69, 9.17) is 9.84 Å². The minimum absolute atomic E-state index is 0.0726. The normalized spacial score (nSPS) is 10.2. The molecule has 1 aromatic heterocycles. The van der Waals surface area contributed by atoms with Crippen molar-refractivity contribution in [3.05, 3.63) is 59.9 Å². The van der Waals surface area contributed by atoms with E-state index in [1.807, 2.05) is 19.1 Å². The molecule has 2 aromatic rings. The Bertz CT molecular complexity index is 688. The van der Waals surface area contributed by atoms with Gasteiger partial charge in [-0.15, -0.1) is 0 Å². The lowest BCUT2D eigenvalue weighted by Crippen LogP contribution is -2.32. The van der Waals surface area contributed by atoms with Crippen molar-refractivity contribution in [3.63, 3.8) is 0 Å². The zero-order valence-corrected chi connectivity index (χ0v) is 13.5. The number of carboxylic acids is 1. The van der Waals surface area contributed by atoms with E-state index in [2.05, 4.69) is 4.98 Å². The third kappa shape index (κ3) is 5.08. The number of nitrogens with zero attached hydrogens (tertiary/aromatic N) is 2. The molecular formula is C18H20N2O4. The summed E-state index contributed by atoms with van der Waals surface area (Å²) < 4.78 is 5.69. The number of rotatable bonds is 8. The number of amides is 1. The van der Waals surface area contributed by atoms with Gasteiger partial charge in [-0.05, 0) is 31.2 Å². The van der Waals surface area contributed by atoms with Crippen LogP contribution in [0.1, 0.15) is 29.3 Å². The van der Waals surface area contributed by atoms with E-state index in [-0.39, 0.29) is 18.9 Å². The number of carbonyl (C=O) groups is 2. The van der Waals surface area contributed by atoms with Crippen LogP contribution in [0, 0.1) is 0 Å². The quantitative estimate of drug-likeness (QED) is 0.806. The molecule has 1 aromatic carbocycles. The predicted octanol–water partition coefficient (Wildman–Crippen LogP) is 2.60. The molecule has 0 aliphatic carbocycles. The Morgan fingerprint density at radius 1 is 1.25 bits per heavy atom. The molecule has 1 heterocycles. The van der Waals surface area contributed by atoms with Crippen LogP contribution in [0.2, 0.25) is 0 Å². The first kappa shape index (κ1) is 17.5. The van der Waals surface area contributed by atoms with Crippen LogP contribution >= 0.6 is 0 Å². The number of carboxylic acid groups (broad SMARTS) is 1. The fraction of sp³-hybridized carbons (Fsp3) is 0.278. The van der Waals surface area contributed by atoms with Crippen LogP contribution in [0.25, 0.3) is 0 Å². The summed E-state index contributed by atoms with van der Waals surface area (Å²) in [5.74, 6) is -0.542. The average Bonchev–Trinajstić information content (AvgIpc) is 2.61. The number of carbonyl (C=O) groups excluding carboxylic acids is 1. The second-order valence-electron chi connectivity index (χ2n) is 5.21. The largest absolute Gasteiger partial charge is 0.489 e. The lowest BCUT2D eigenvalue weighted by atomic mass is 10.2. The lowest BCUT2D eigenvalue weighted by molar-refractivity contribution is -0.137. The molecule has 126 valence electrons. The molecule has 0 spiro atoms. The fourth-order valence-electron chi connectivity index (χ4n) is 2.19. The van der Waals surface area contributed by atoms with Crippen molar-refractivity contribution >= 4 is 11.9 Å². The molecule has 2 rings (SSSR count). The van der Waals surface area contributed by atoms with Gasteiger partial charge in [-0.1, -0.05) is 12.1 Å². The van der Waals surface area contributed by atoms with E-state index in [9.17, 15) is 9.59 Å². The highest BCUT2D eigenvalue weighted by atomic mass is 16.5. The average molecular weight is 328 g/mol. The molecule has 0 saturated heterocycles. The molecule has 0 aliphatic rings. The van der Waals surface area contributed by atoms with Gasteiger partial charge < -0.3 is 14.7 Å². The zero-order valence-electron chi connectivity index (χ0n) is 13.5. The first-order chi connectivity index (χ1) is 11.6. The Kier molecular flexibility index (Phi) is 6.31. The summed E-state index contributed by atoms with van der Waals surface area (Å²) in [4.78, 5) is 28.7. The van der Waals surface area contributed by atoms with Crippen molar-refractivity contribution in [3.8, 4) is 5.75 Å². The number of ether oxygens (including phenoxy) is 1. The van der Waals surface area contributed by atoms with E-state index >= 15 is 0 Å². The topological polar surface area (TPSA) is 79.7 Å². The minimum atomic E-state index is -0.921. The van der Waals surface area contributed by atoms with Crippen LogP contribution in [0.5, 0.6) is 5.75 Å². The molecule has 6 heteroatoms. The summed E-state index contributed by atoms with van der Waals surface area (Å²) in [6.45, 7) is 2.82. The molecule has 0 bridgehead atoms. The monoisotopic (exact) mass is 328 g/mol. The Morgan fingerprint density at radius 2 is 2.08 bits per heavy atom. The Morgan fingerprint density at radius 3 is 2.75 bits per heavy atom. The summed E-state index contributed by atoms with van der Waals surface area (Å²) in [6.07, 6.45) is 3.34. The Balaban J connectivity index is 2.02.